The van der Waals surface area contributed by atoms with Crippen LogP contribution in [0.1, 0.15) is 41.5 Å². The first-order valence-electron chi connectivity index (χ1n) is 10.00. The summed E-state index contributed by atoms with van der Waals surface area (Å²) in [6.07, 6.45) is -3.99. The Kier molecular flexibility index (Phi) is 6.67. The molecule has 0 aliphatic carbocycles. The zero-order valence-electron chi connectivity index (χ0n) is 17.3. The normalized spacial score (nSPS) is 19.2. The predicted molar refractivity (Wildman–Crippen MR) is 108 cm³/mol. The molecule has 8 heteroatoms. The van der Waals surface area contributed by atoms with Crippen LogP contribution >= 0.6 is 0 Å². The minimum absolute atomic E-state index is 0.0420. The number of nitrogens with zero attached hydrogens (tertiary/aromatic N) is 1. The van der Waals surface area contributed by atoms with Crippen molar-refractivity contribution in [1.29, 1.82) is 0 Å². The molecule has 0 aromatic heterocycles. The summed E-state index contributed by atoms with van der Waals surface area (Å²) in [6, 6.07) is 9.56. The van der Waals surface area contributed by atoms with Crippen molar-refractivity contribution in [3.8, 4) is 0 Å². The molecule has 0 radical (unpaired) electrons. The highest BCUT2D eigenvalue weighted by atomic mass is 19.4. The highest BCUT2D eigenvalue weighted by Gasteiger charge is 2.34. The molecule has 1 aliphatic heterocycles. The number of aryl methyl sites for hydroxylation is 1. The fourth-order valence-electron chi connectivity index (χ4n) is 3.90. The summed E-state index contributed by atoms with van der Waals surface area (Å²) in [5.74, 6) is -1.47. The fraction of sp³-hybridized carbons (Fsp3) is 0.391. The number of carbonyl (C=O) groups excluding carboxylic acids is 2. The molecule has 0 bridgehead atoms. The molecule has 0 unspecified atom stereocenters. The van der Waals surface area contributed by atoms with Gasteiger partial charge in [-0.15, -0.1) is 0 Å². The zero-order valence-corrected chi connectivity index (χ0v) is 17.3. The van der Waals surface area contributed by atoms with Crippen LogP contribution in [0.5, 0.6) is 0 Å². The van der Waals surface area contributed by atoms with Crippen LogP contribution in [0.4, 0.5) is 17.6 Å². The lowest BCUT2D eigenvalue weighted by Gasteiger charge is -2.37. The molecule has 166 valence electrons. The summed E-state index contributed by atoms with van der Waals surface area (Å²) >= 11 is 0. The minimum Gasteiger partial charge on any atom is -0.352 e. The summed E-state index contributed by atoms with van der Waals surface area (Å²) in [5, 5.41) is 2.70. The molecule has 1 aliphatic rings. The number of hydrogen-bond acceptors (Lipinski definition) is 2. The Morgan fingerprint density at radius 2 is 1.87 bits per heavy atom. The second-order valence-electron chi connectivity index (χ2n) is 7.98. The highest BCUT2D eigenvalue weighted by molar-refractivity contribution is 5.81. The van der Waals surface area contributed by atoms with E-state index in [0.29, 0.717) is 24.1 Å². The van der Waals surface area contributed by atoms with Crippen LogP contribution in [-0.4, -0.2) is 29.8 Å². The molecule has 2 amide bonds. The van der Waals surface area contributed by atoms with Crippen LogP contribution in [0.25, 0.3) is 0 Å². The van der Waals surface area contributed by atoms with E-state index in [1.54, 1.807) is 24.0 Å². The number of hydrogen-bond donors (Lipinski definition) is 1. The van der Waals surface area contributed by atoms with Gasteiger partial charge < -0.3 is 10.2 Å². The second-order valence-corrected chi connectivity index (χ2v) is 7.98. The van der Waals surface area contributed by atoms with E-state index in [-0.39, 0.29) is 36.6 Å². The number of carbonyl (C=O) groups is 2. The maximum atomic E-state index is 13.6. The largest absolute Gasteiger partial charge is 0.416 e. The first-order valence-corrected chi connectivity index (χ1v) is 10.00. The van der Waals surface area contributed by atoms with Crippen molar-refractivity contribution in [1.82, 2.24) is 10.2 Å². The van der Waals surface area contributed by atoms with E-state index < -0.39 is 17.7 Å². The maximum Gasteiger partial charge on any atom is 0.416 e. The third-order valence-corrected chi connectivity index (χ3v) is 5.64. The Balaban J connectivity index is 1.72. The number of piperidine rings is 1. The van der Waals surface area contributed by atoms with E-state index in [0.717, 1.165) is 17.7 Å². The number of likely N-dealkylation sites (tertiary alicyclic amines) is 1. The summed E-state index contributed by atoms with van der Waals surface area (Å²) in [6.45, 7) is 3.71. The van der Waals surface area contributed by atoms with Crippen LogP contribution in [0.15, 0.2) is 42.5 Å². The monoisotopic (exact) mass is 436 g/mol. The summed E-state index contributed by atoms with van der Waals surface area (Å²) in [5.41, 5.74) is 0.906. The third-order valence-electron chi connectivity index (χ3n) is 5.64. The fourth-order valence-corrected chi connectivity index (χ4v) is 3.90. The lowest BCUT2D eigenvalue weighted by Crippen LogP contribution is -2.47. The van der Waals surface area contributed by atoms with E-state index >= 15 is 0 Å². The van der Waals surface area contributed by atoms with Gasteiger partial charge in [-0.05, 0) is 48.2 Å². The third kappa shape index (κ3) is 5.62. The van der Waals surface area contributed by atoms with Crippen LogP contribution in [-0.2, 0) is 22.3 Å². The summed E-state index contributed by atoms with van der Waals surface area (Å²) in [4.78, 5) is 26.4. The van der Waals surface area contributed by atoms with E-state index in [2.05, 4.69) is 5.32 Å². The van der Waals surface area contributed by atoms with E-state index in [4.69, 9.17) is 0 Å². The molecule has 1 heterocycles. The van der Waals surface area contributed by atoms with Crippen LogP contribution in [0, 0.1) is 18.7 Å². The minimum atomic E-state index is -4.45. The molecule has 4 nitrogen and oxygen atoms in total. The van der Waals surface area contributed by atoms with Crippen molar-refractivity contribution in [2.75, 3.05) is 13.1 Å². The number of benzene rings is 2. The quantitative estimate of drug-likeness (QED) is 0.722. The van der Waals surface area contributed by atoms with E-state index in [1.807, 2.05) is 0 Å². The van der Waals surface area contributed by atoms with Crippen LogP contribution in [0.2, 0.25) is 0 Å². The van der Waals surface area contributed by atoms with E-state index in [9.17, 15) is 27.2 Å². The van der Waals surface area contributed by atoms with Crippen molar-refractivity contribution in [2.45, 2.75) is 38.9 Å². The van der Waals surface area contributed by atoms with Crippen molar-refractivity contribution < 1.29 is 27.2 Å². The molecular formula is C23H24F4N2O2. The Hall–Kier alpha value is -2.90. The average molecular weight is 436 g/mol. The summed E-state index contributed by atoms with van der Waals surface area (Å²) in [7, 11) is 0. The molecule has 3 rings (SSSR count). The molecule has 31 heavy (non-hydrogen) atoms. The molecule has 1 fully saturated rings. The van der Waals surface area contributed by atoms with Crippen molar-refractivity contribution in [3.05, 3.63) is 70.5 Å². The van der Waals surface area contributed by atoms with Crippen LogP contribution in [0.3, 0.4) is 0 Å². The van der Waals surface area contributed by atoms with Gasteiger partial charge in [-0.3, -0.25) is 9.59 Å². The lowest BCUT2D eigenvalue weighted by atomic mass is 9.83. The van der Waals surface area contributed by atoms with Crippen LogP contribution < -0.4 is 5.32 Å². The number of alkyl halides is 3. The second kappa shape index (κ2) is 9.08. The van der Waals surface area contributed by atoms with Gasteiger partial charge in [0, 0.05) is 32.5 Å². The van der Waals surface area contributed by atoms with Crippen molar-refractivity contribution in [2.24, 2.45) is 5.92 Å². The topological polar surface area (TPSA) is 49.4 Å². The number of halogens is 4. The average Bonchev–Trinajstić information content (AvgIpc) is 2.73. The molecule has 2 aromatic rings. The Labute approximate surface area is 178 Å². The molecular weight excluding hydrogens is 412 g/mol. The molecule has 0 spiro atoms. The van der Waals surface area contributed by atoms with Gasteiger partial charge in [-0.2, -0.15) is 13.2 Å². The standard InChI is InChI=1S/C23H24F4N2O2/c1-14-8-17(6-7-21(14)24)18-10-19(13-29(12-18)15(2)30)22(31)28-11-16-4-3-5-20(9-16)23(25,26)27/h3-9,18-19H,10-13H2,1-2H3,(H,28,31)/t18-,19-/m1/s1. The molecule has 2 aromatic carbocycles. The first kappa shape index (κ1) is 22.8. The molecule has 0 saturated carbocycles. The number of amides is 2. The van der Waals surface area contributed by atoms with Gasteiger partial charge in [-0.1, -0.05) is 24.3 Å². The van der Waals surface area contributed by atoms with Gasteiger partial charge in [0.2, 0.25) is 11.8 Å². The predicted octanol–water partition coefficient (Wildman–Crippen LogP) is 4.42. The van der Waals surface area contributed by atoms with Crippen molar-refractivity contribution in [3.63, 3.8) is 0 Å². The highest BCUT2D eigenvalue weighted by Crippen LogP contribution is 2.32. The van der Waals surface area contributed by atoms with Gasteiger partial charge >= 0.3 is 6.18 Å². The zero-order chi connectivity index (χ0) is 22.8. The first-order chi connectivity index (χ1) is 14.5. The Morgan fingerprint density at radius 3 is 2.52 bits per heavy atom. The van der Waals surface area contributed by atoms with E-state index in [1.165, 1.54) is 25.1 Å². The summed E-state index contributed by atoms with van der Waals surface area (Å²) < 4.78 is 52.3. The molecule has 1 N–H and O–H groups in total. The van der Waals surface area contributed by atoms with Gasteiger partial charge in [0.1, 0.15) is 5.82 Å². The number of rotatable bonds is 4. The van der Waals surface area contributed by atoms with Crippen molar-refractivity contribution >= 4 is 11.8 Å². The number of nitrogens with one attached hydrogen (secondary N) is 1. The van der Waals surface area contributed by atoms with Gasteiger partial charge in [0.15, 0.2) is 0 Å². The SMILES string of the molecule is CC(=O)N1C[C@H](C(=O)NCc2cccc(C(F)(F)F)c2)C[C@@H](c2ccc(F)c(C)c2)C1. The molecule has 1 saturated heterocycles. The molecule has 2 atom stereocenters. The smallest absolute Gasteiger partial charge is 0.352 e. The Morgan fingerprint density at radius 1 is 1.13 bits per heavy atom. The van der Waals surface area contributed by atoms with Gasteiger partial charge in [-0.25, -0.2) is 4.39 Å². The Bertz CT molecular complexity index is 974. The van der Waals surface area contributed by atoms with Gasteiger partial charge in [0.25, 0.3) is 0 Å². The maximum absolute atomic E-state index is 13.6. The van der Waals surface area contributed by atoms with Gasteiger partial charge in [0.05, 0.1) is 11.5 Å². The lowest BCUT2D eigenvalue weighted by molar-refractivity contribution is -0.137.